The van der Waals surface area contributed by atoms with E-state index in [2.05, 4.69) is 13.8 Å². The van der Waals surface area contributed by atoms with Crippen molar-refractivity contribution in [1.29, 1.82) is 0 Å². The molecule has 0 aliphatic heterocycles. The fourth-order valence-corrected chi connectivity index (χ4v) is 0.803. The minimum absolute atomic E-state index is 0.475. The fraction of sp³-hybridized carbons (Fsp3) is 0.778. The van der Waals surface area contributed by atoms with Crippen molar-refractivity contribution >= 4 is 6.29 Å². The predicted octanol–water partition coefficient (Wildman–Crippen LogP) is 1.98. The summed E-state index contributed by atoms with van der Waals surface area (Å²) in [6, 6.07) is 0. The van der Waals surface area contributed by atoms with Crippen LogP contribution in [-0.4, -0.2) is 19.0 Å². The molecule has 0 N–H and O–H groups in total. The fourth-order valence-electron chi connectivity index (χ4n) is 0.803. The van der Waals surface area contributed by atoms with Crippen LogP contribution in [0.2, 0.25) is 0 Å². The molecule has 0 amide bonds. The number of aldehydes is 1. The number of unbranched alkanes of at least 4 members (excludes halogenated alkanes) is 3. The Bertz CT molecular complexity index is 91.6. The van der Waals surface area contributed by atoms with Crippen LogP contribution >= 0.6 is 0 Å². The van der Waals surface area contributed by atoms with Gasteiger partial charge in [0.2, 0.25) is 0 Å². The van der Waals surface area contributed by atoms with Crippen LogP contribution in [0.4, 0.5) is 0 Å². The molecule has 0 saturated heterocycles. The smallest absolute Gasteiger partial charge is 0.148 e. The molecule has 65 valence electrons. The summed E-state index contributed by atoms with van der Waals surface area (Å²) in [4.78, 5) is 10.0. The molecule has 0 aliphatic rings. The van der Waals surface area contributed by atoms with E-state index in [1.165, 1.54) is 19.3 Å². The highest BCUT2D eigenvalue weighted by atomic mass is 16.5. The van der Waals surface area contributed by atoms with E-state index in [0.29, 0.717) is 6.61 Å². The van der Waals surface area contributed by atoms with Crippen LogP contribution in [-0.2, 0) is 9.53 Å². The van der Waals surface area contributed by atoms with E-state index in [1.54, 1.807) is 0 Å². The Morgan fingerprint density at radius 1 is 1.45 bits per heavy atom. The summed E-state index contributed by atoms with van der Waals surface area (Å²) < 4.78 is 5.06. The molecule has 0 fully saturated rings. The first-order chi connectivity index (χ1) is 5.31. The molecule has 11 heavy (non-hydrogen) atoms. The van der Waals surface area contributed by atoms with E-state index in [0.717, 1.165) is 12.7 Å². The molecule has 0 saturated carbocycles. The number of rotatable bonds is 7. The Morgan fingerprint density at radius 3 is 2.73 bits per heavy atom. The number of carbonyl (C=O) groups is 1. The molecule has 1 radical (unpaired) electrons. The molecule has 0 rings (SSSR count). The first-order valence-electron chi connectivity index (χ1n) is 4.21. The van der Waals surface area contributed by atoms with Crippen molar-refractivity contribution in [1.82, 2.24) is 0 Å². The zero-order valence-corrected chi connectivity index (χ0v) is 7.21. The first-order valence-corrected chi connectivity index (χ1v) is 4.21. The summed E-state index contributed by atoms with van der Waals surface area (Å²) in [6.07, 6.45) is 4.93. The van der Waals surface area contributed by atoms with Crippen molar-refractivity contribution < 1.29 is 9.53 Å². The lowest BCUT2D eigenvalue weighted by molar-refractivity contribution is -0.115. The van der Waals surface area contributed by atoms with Crippen molar-refractivity contribution in [2.24, 2.45) is 0 Å². The van der Waals surface area contributed by atoms with E-state index in [1.807, 2.05) is 0 Å². The number of ether oxygens (including phenoxy) is 1. The third kappa shape index (κ3) is 7.53. The van der Waals surface area contributed by atoms with Gasteiger partial charge < -0.3 is 9.53 Å². The van der Waals surface area contributed by atoms with Gasteiger partial charge in [-0.2, -0.15) is 0 Å². The first kappa shape index (κ1) is 10.6. The average molecular weight is 157 g/mol. The van der Waals surface area contributed by atoms with Crippen molar-refractivity contribution in [2.45, 2.75) is 38.7 Å². The molecule has 0 aromatic heterocycles. The van der Waals surface area contributed by atoms with Crippen LogP contribution in [0.5, 0.6) is 0 Å². The summed E-state index contributed by atoms with van der Waals surface area (Å²) in [5.74, 6) is 0. The summed E-state index contributed by atoms with van der Waals surface area (Å²) in [5.41, 5.74) is 0. The van der Waals surface area contributed by atoms with Gasteiger partial charge in [0.1, 0.15) is 12.4 Å². The van der Waals surface area contributed by atoms with Gasteiger partial charge in [0.25, 0.3) is 0 Å². The predicted molar refractivity (Wildman–Crippen MR) is 45.3 cm³/mol. The molecule has 2 heteroatoms. The second kappa shape index (κ2) is 7.73. The Morgan fingerprint density at radius 2 is 2.18 bits per heavy atom. The molecule has 0 heterocycles. The van der Waals surface area contributed by atoms with Crippen LogP contribution in [0, 0.1) is 6.92 Å². The maximum atomic E-state index is 10.0. The Labute approximate surface area is 68.9 Å². The Balaban J connectivity index is 2.95. The van der Waals surface area contributed by atoms with E-state index >= 15 is 0 Å². The van der Waals surface area contributed by atoms with Crippen LogP contribution in [0.15, 0.2) is 0 Å². The van der Waals surface area contributed by atoms with Gasteiger partial charge >= 0.3 is 0 Å². The zero-order chi connectivity index (χ0) is 8.53. The summed E-state index contributed by atoms with van der Waals surface area (Å²) in [7, 11) is 0. The maximum absolute atomic E-state index is 10.0. The van der Waals surface area contributed by atoms with Gasteiger partial charge in [-0.05, 0) is 13.3 Å². The van der Waals surface area contributed by atoms with Crippen molar-refractivity contribution in [3.63, 3.8) is 0 Å². The van der Waals surface area contributed by atoms with E-state index in [4.69, 9.17) is 4.74 Å². The number of hydrogen-bond donors (Lipinski definition) is 0. The highest BCUT2D eigenvalue weighted by Gasteiger charge is 1.97. The summed E-state index contributed by atoms with van der Waals surface area (Å²) in [6.45, 7) is 6.31. The SMILES string of the molecule is [CH2]C(C=O)OCCCCCC. The second-order valence-corrected chi connectivity index (χ2v) is 2.61. The van der Waals surface area contributed by atoms with Gasteiger partial charge in [0.15, 0.2) is 0 Å². The standard InChI is InChI=1S/C9H17O2/c1-3-4-5-6-7-11-9(2)8-10/h8-9H,2-7H2,1H3. The van der Waals surface area contributed by atoms with Crippen LogP contribution < -0.4 is 0 Å². The topological polar surface area (TPSA) is 26.3 Å². The van der Waals surface area contributed by atoms with Gasteiger partial charge in [-0.1, -0.05) is 26.2 Å². The van der Waals surface area contributed by atoms with E-state index < -0.39 is 6.10 Å². The van der Waals surface area contributed by atoms with Gasteiger partial charge in [0, 0.05) is 6.61 Å². The monoisotopic (exact) mass is 157 g/mol. The van der Waals surface area contributed by atoms with E-state index in [-0.39, 0.29) is 0 Å². The maximum Gasteiger partial charge on any atom is 0.148 e. The highest BCUT2D eigenvalue weighted by Crippen LogP contribution is 1.99. The van der Waals surface area contributed by atoms with E-state index in [9.17, 15) is 4.79 Å². The zero-order valence-electron chi connectivity index (χ0n) is 7.21. The number of hydrogen-bond acceptors (Lipinski definition) is 2. The Hall–Kier alpha value is -0.370. The van der Waals surface area contributed by atoms with Gasteiger partial charge in [0.05, 0.1) is 0 Å². The molecule has 1 atom stereocenters. The van der Waals surface area contributed by atoms with Crippen LogP contribution in [0.3, 0.4) is 0 Å². The molecule has 0 aromatic carbocycles. The Kier molecular flexibility index (Phi) is 7.47. The third-order valence-corrected chi connectivity index (χ3v) is 1.48. The molecular weight excluding hydrogens is 140 g/mol. The van der Waals surface area contributed by atoms with Gasteiger partial charge in [-0.3, -0.25) is 0 Å². The van der Waals surface area contributed by atoms with Gasteiger partial charge in [-0.25, -0.2) is 0 Å². The molecule has 0 aliphatic carbocycles. The van der Waals surface area contributed by atoms with Gasteiger partial charge in [-0.15, -0.1) is 0 Å². The minimum Gasteiger partial charge on any atom is -0.371 e. The minimum atomic E-state index is -0.475. The lowest BCUT2D eigenvalue weighted by atomic mass is 10.2. The molecular formula is C9H17O2. The number of carbonyl (C=O) groups excluding carboxylic acids is 1. The average Bonchev–Trinajstić information content (AvgIpc) is 2.04. The van der Waals surface area contributed by atoms with Crippen LogP contribution in [0.25, 0.3) is 0 Å². The lowest BCUT2D eigenvalue weighted by Gasteiger charge is -2.04. The third-order valence-electron chi connectivity index (χ3n) is 1.48. The molecule has 1 unspecified atom stereocenters. The van der Waals surface area contributed by atoms with Crippen LogP contribution in [0.1, 0.15) is 32.6 Å². The van der Waals surface area contributed by atoms with Crippen molar-refractivity contribution in [3.05, 3.63) is 6.92 Å². The normalized spacial score (nSPS) is 12.9. The largest absolute Gasteiger partial charge is 0.371 e. The van der Waals surface area contributed by atoms with Crippen molar-refractivity contribution in [3.8, 4) is 0 Å². The summed E-state index contributed by atoms with van der Waals surface area (Å²) in [5, 5.41) is 0. The molecule has 0 aromatic rings. The quantitative estimate of drug-likeness (QED) is 0.417. The molecule has 0 bridgehead atoms. The molecule has 0 spiro atoms. The highest BCUT2D eigenvalue weighted by molar-refractivity contribution is 5.56. The second-order valence-electron chi connectivity index (χ2n) is 2.61. The lowest BCUT2D eigenvalue weighted by Crippen LogP contribution is -2.10. The van der Waals surface area contributed by atoms with Crippen molar-refractivity contribution in [2.75, 3.05) is 6.61 Å². The molecule has 2 nitrogen and oxygen atoms in total. The summed E-state index contributed by atoms with van der Waals surface area (Å²) >= 11 is 0.